The Morgan fingerprint density at radius 1 is 1.25 bits per heavy atom. The number of non-ortho nitro benzene ring substituents is 1. The molecule has 0 aliphatic rings. The van der Waals surface area contributed by atoms with E-state index in [-0.39, 0.29) is 11.4 Å². The number of ether oxygens (including phenoxy) is 2. The molecule has 0 saturated heterocycles. The molecule has 0 aliphatic carbocycles. The second kappa shape index (κ2) is 7.65. The van der Waals surface area contributed by atoms with Crippen LogP contribution in [0.15, 0.2) is 42.5 Å². The minimum atomic E-state index is -0.867. The normalized spacial score (nSPS) is 11.5. The zero-order valence-electron chi connectivity index (χ0n) is 13.0. The summed E-state index contributed by atoms with van der Waals surface area (Å²) in [6, 6.07) is 10.7. The highest BCUT2D eigenvalue weighted by atomic mass is 35.5. The maximum Gasteiger partial charge on any atom is 0.271 e. The van der Waals surface area contributed by atoms with Gasteiger partial charge in [-0.05, 0) is 25.1 Å². The molecule has 0 spiro atoms. The number of carbonyl (C=O) groups excluding carboxylic acids is 1. The van der Waals surface area contributed by atoms with Gasteiger partial charge in [-0.15, -0.1) is 0 Å². The molecule has 0 saturated carbocycles. The minimum Gasteiger partial charge on any atom is -0.495 e. The van der Waals surface area contributed by atoms with Crippen LogP contribution in [0, 0.1) is 10.1 Å². The predicted octanol–water partition coefficient (Wildman–Crippen LogP) is 3.66. The molecule has 0 heterocycles. The molecule has 24 heavy (non-hydrogen) atoms. The molecular weight excluding hydrogens is 336 g/mol. The van der Waals surface area contributed by atoms with Crippen LogP contribution in [0.25, 0.3) is 0 Å². The van der Waals surface area contributed by atoms with Gasteiger partial charge in [-0.2, -0.15) is 0 Å². The fourth-order valence-corrected chi connectivity index (χ4v) is 2.11. The molecule has 2 rings (SSSR count). The van der Waals surface area contributed by atoms with Crippen molar-refractivity contribution in [1.29, 1.82) is 0 Å². The zero-order chi connectivity index (χ0) is 17.7. The second-order valence-electron chi connectivity index (χ2n) is 4.82. The number of benzene rings is 2. The van der Waals surface area contributed by atoms with E-state index in [0.717, 1.165) is 0 Å². The van der Waals surface area contributed by atoms with E-state index in [1.54, 1.807) is 31.2 Å². The third-order valence-electron chi connectivity index (χ3n) is 3.16. The van der Waals surface area contributed by atoms with Gasteiger partial charge in [0.2, 0.25) is 0 Å². The summed E-state index contributed by atoms with van der Waals surface area (Å²) in [5.41, 5.74) is 0.0251. The van der Waals surface area contributed by atoms with E-state index in [2.05, 4.69) is 5.32 Å². The van der Waals surface area contributed by atoms with Gasteiger partial charge in [0.1, 0.15) is 11.5 Å². The molecule has 2 aromatic carbocycles. The van der Waals surface area contributed by atoms with E-state index in [1.807, 2.05) is 0 Å². The Morgan fingerprint density at radius 3 is 2.58 bits per heavy atom. The molecule has 0 aromatic heterocycles. The average Bonchev–Trinajstić information content (AvgIpc) is 2.56. The lowest BCUT2D eigenvalue weighted by Crippen LogP contribution is -2.30. The summed E-state index contributed by atoms with van der Waals surface area (Å²) in [5, 5.41) is 13.8. The summed E-state index contributed by atoms with van der Waals surface area (Å²) in [6.07, 6.45) is -0.867. The first-order valence-electron chi connectivity index (χ1n) is 6.97. The number of rotatable bonds is 6. The largest absolute Gasteiger partial charge is 0.495 e. The minimum absolute atomic E-state index is 0.161. The summed E-state index contributed by atoms with van der Waals surface area (Å²) < 4.78 is 10.6. The molecular formula is C16H15ClN2O5. The molecule has 1 atom stereocenters. The number of hydrogen-bond donors (Lipinski definition) is 1. The number of methoxy groups -OCH3 is 1. The first kappa shape index (κ1) is 17.6. The summed E-state index contributed by atoms with van der Waals surface area (Å²) in [7, 11) is 1.40. The Kier molecular flexibility index (Phi) is 5.59. The highest BCUT2D eigenvalue weighted by molar-refractivity contribution is 6.32. The quantitative estimate of drug-likeness (QED) is 0.634. The Labute approximate surface area is 143 Å². The van der Waals surface area contributed by atoms with Crippen molar-refractivity contribution in [2.75, 3.05) is 12.4 Å². The van der Waals surface area contributed by atoms with E-state index >= 15 is 0 Å². The van der Waals surface area contributed by atoms with Crippen molar-refractivity contribution >= 4 is 28.9 Å². The van der Waals surface area contributed by atoms with Crippen molar-refractivity contribution < 1.29 is 19.2 Å². The lowest BCUT2D eigenvalue weighted by Gasteiger charge is -2.16. The average molecular weight is 351 g/mol. The Bertz CT molecular complexity index is 766. The SMILES string of the molecule is COc1ccc([N+](=O)[O-])cc1NC(=O)C(C)Oc1ccccc1Cl. The van der Waals surface area contributed by atoms with Crippen LogP contribution in [0.4, 0.5) is 11.4 Å². The monoisotopic (exact) mass is 350 g/mol. The molecule has 1 unspecified atom stereocenters. The van der Waals surface area contributed by atoms with Crippen LogP contribution < -0.4 is 14.8 Å². The van der Waals surface area contributed by atoms with E-state index in [4.69, 9.17) is 21.1 Å². The van der Waals surface area contributed by atoms with Gasteiger partial charge >= 0.3 is 0 Å². The summed E-state index contributed by atoms with van der Waals surface area (Å²) in [6.45, 7) is 1.54. The first-order valence-corrected chi connectivity index (χ1v) is 7.34. The van der Waals surface area contributed by atoms with E-state index in [9.17, 15) is 14.9 Å². The van der Waals surface area contributed by atoms with Crippen molar-refractivity contribution in [1.82, 2.24) is 0 Å². The maximum atomic E-state index is 12.3. The van der Waals surface area contributed by atoms with Crippen LogP contribution in [-0.2, 0) is 4.79 Å². The van der Waals surface area contributed by atoms with Gasteiger partial charge in [-0.25, -0.2) is 0 Å². The molecule has 7 nitrogen and oxygen atoms in total. The number of hydrogen-bond acceptors (Lipinski definition) is 5. The third kappa shape index (κ3) is 4.14. The van der Waals surface area contributed by atoms with Gasteiger partial charge in [0.25, 0.3) is 11.6 Å². The lowest BCUT2D eigenvalue weighted by molar-refractivity contribution is -0.384. The third-order valence-corrected chi connectivity index (χ3v) is 3.47. The molecule has 2 aromatic rings. The highest BCUT2D eigenvalue weighted by Crippen LogP contribution is 2.29. The number of amides is 1. The number of carbonyl (C=O) groups is 1. The Morgan fingerprint density at radius 2 is 1.96 bits per heavy atom. The number of halogens is 1. The molecule has 8 heteroatoms. The number of nitrogens with zero attached hydrogens (tertiary/aromatic N) is 1. The summed E-state index contributed by atoms with van der Waals surface area (Å²) in [5.74, 6) is 0.181. The molecule has 1 N–H and O–H groups in total. The molecule has 0 aliphatic heterocycles. The summed E-state index contributed by atoms with van der Waals surface area (Å²) in [4.78, 5) is 22.6. The number of nitro groups is 1. The van der Waals surface area contributed by atoms with Gasteiger partial charge in [0.15, 0.2) is 6.10 Å². The number of nitrogens with one attached hydrogen (secondary N) is 1. The highest BCUT2D eigenvalue weighted by Gasteiger charge is 2.19. The van der Waals surface area contributed by atoms with Crippen molar-refractivity contribution in [3.05, 3.63) is 57.6 Å². The van der Waals surface area contributed by atoms with Crippen LogP contribution in [-0.4, -0.2) is 24.0 Å². The van der Waals surface area contributed by atoms with Gasteiger partial charge in [-0.1, -0.05) is 23.7 Å². The van der Waals surface area contributed by atoms with Gasteiger partial charge in [0.05, 0.1) is 22.7 Å². The molecule has 0 bridgehead atoms. The number of nitro benzene ring substituents is 1. The van der Waals surface area contributed by atoms with Crippen molar-refractivity contribution in [3.8, 4) is 11.5 Å². The predicted molar refractivity (Wildman–Crippen MR) is 89.8 cm³/mol. The second-order valence-corrected chi connectivity index (χ2v) is 5.23. The van der Waals surface area contributed by atoms with E-state index in [1.165, 1.54) is 25.3 Å². The van der Waals surface area contributed by atoms with Gasteiger partial charge in [-0.3, -0.25) is 14.9 Å². The van der Waals surface area contributed by atoms with Crippen molar-refractivity contribution in [2.24, 2.45) is 0 Å². The fraction of sp³-hybridized carbons (Fsp3) is 0.188. The number of para-hydroxylation sites is 1. The zero-order valence-corrected chi connectivity index (χ0v) is 13.7. The van der Waals surface area contributed by atoms with Crippen molar-refractivity contribution in [2.45, 2.75) is 13.0 Å². The van der Waals surface area contributed by atoms with Crippen LogP contribution in [0.2, 0.25) is 5.02 Å². The maximum absolute atomic E-state index is 12.3. The molecule has 126 valence electrons. The molecule has 0 radical (unpaired) electrons. The van der Waals surface area contributed by atoms with Crippen LogP contribution >= 0.6 is 11.6 Å². The molecule has 1 amide bonds. The van der Waals surface area contributed by atoms with E-state index in [0.29, 0.717) is 16.5 Å². The van der Waals surface area contributed by atoms with Crippen LogP contribution in [0.5, 0.6) is 11.5 Å². The Hall–Kier alpha value is -2.80. The fourth-order valence-electron chi connectivity index (χ4n) is 1.93. The van der Waals surface area contributed by atoms with Gasteiger partial charge < -0.3 is 14.8 Å². The molecule has 0 fully saturated rings. The van der Waals surface area contributed by atoms with Crippen LogP contribution in [0.1, 0.15) is 6.92 Å². The topological polar surface area (TPSA) is 90.7 Å². The first-order chi connectivity index (χ1) is 11.4. The summed E-state index contributed by atoms with van der Waals surface area (Å²) >= 11 is 5.98. The van der Waals surface area contributed by atoms with E-state index < -0.39 is 16.9 Å². The van der Waals surface area contributed by atoms with Crippen molar-refractivity contribution in [3.63, 3.8) is 0 Å². The van der Waals surface area contributed by atoms with Crippen LogP contribution in [0.3, 0.4) is 0 Å². The lowest BCUT2D eigenvalue weighted by atomic mass is 10.2. The standard InChI is InChI=1S/C16H15ClN2O5/c1-10(24-14-6-4-3-5-12(14)17)16(20)18-13-9-11(19(21)22)7-8-15(13)23-2/h3-10H,1-2H3,(H,18,20). The van der Waals surface area contributed by atoms with Gasteiger partial charge in [0, 0.05) is 12.1 Å². The number of anilines is 1. The smallest absolute Gasteiger partial charge is 0.271 e. The Balaban J connectivity index is 2.15.